The molecule has 0 amide bonds. The highest BCUT2D eigenvalue weighted by atomic mass is 79.9. The van der Waals surface area contributed by atoms with Gasteiger partial charge in [0.2, 0.25) is 0 Å². The summed E-state index contributed by atoms with van der Waals surface area (Å²) < 4.78 is 17.7. The average Bonchev–Trinajstić information content (AvgIpc) is 2.80. The molecule has 0 spiro atoms. The third kappa shape index (κ3) is 5.15. The van der Waals surface area contributed by atoms with Gasteiger partial charge in [-0.3, -0.25) is 4.79 Å². The first-order chi connectivity index (χ1) is 16.6. The molecule has 1 heterocycles. The molecule has 4 rings (SSSR count). The summed E-state index contributed by atoms with van der Waals surface area (Å²) in [6.45, 7) is 6.30. The number of hydrogen-bond acceptors (Lipinski definition) is 6. The number of rotatable bonds is 6. The number of esters is 1. The van der Waals surface area contributed by atoms with E-state index < -0.39 is 11.9 Å². The Balaban J connectivity index is 1.79. The molecule has 184 valence electrons. The standard InChI is InChI=1S/C28H30BrNO5/c1-16-24(27(32)34-5)25(26-21(30-16)13-28(2,3)14-22(26)31)17-9-10-23(33-4)18(11-17)15-35-20-8-6-7-19(29)12-20/h6-12,25,30H,13-15H2,1-5H3/t25-/m1/s1. The monoisotopic (exact) mass is 539 g/mol. The summed E-state index contributed by atoms with van der Waals surface area (Å²) in [6.07, 6.45) is 1.15. The van der Waals surface area contributed by atoms with E-state index in [1.165, 1.54) is 7.11 Å². The van der Waals surface area contributed by atoms with Gasteiger partial charge in [-0.1, -0.05) is 41.9 Å². The van der Waals surface area contributed by atoms with Gasteiger partial charge < -0.3 is 19.5 Å². The highest BCUT2D eigenvalue weighted by Crippen LogP contribution is 2.47. The first-order valence-electron chi connectivity index (χ1n) is 11.5. The van der Waals surface area contributed by atoms with Crippen LogP contribution in [0.25, 0.3) is 0 Å². The van der Waals surface area contributed by atoms with Crippen LogP contribution in [0.1, 0.15) is 50.7 Å². The zero-order valence-corrected chi connectivity index (χ0v) is 22.2. The van der Waals surface area contributed by atoms with Gasteiger partial charge in [-0.2, -0.15) is 0 Å². The second kappa shape index (κ2) is 9.90. The molecule has 2 aliphatic rings. The van der Waals surface area contributed by atoms with Crippen LogP contribution in [0.15, 0.2) is 69.5 Å². The molecule has 1 N–H and O–H groups in total. The van der Waals surface area contributed by atoms with Crippen LogP contribution in [-0.2, 0) is 20.9 Å². The van der Waals surface area contributed by atoms with E-state index in [0.717, 1.165) is 33.5 Å². The summed E-state index contributed by atoms with van der Waals surface area (Å²) in [6, 6.07) is 13.3. The van der Waals surface area contributed by atoms with E-state index >= 15 is 0 Å². The van der Waals surface area contributed by atoms with Crippen molar-refractivity contribution in [3.05, 3.63) is 80.6 Å². The summed E-state index contributed by atoms with van der Waals surface area (Å²) in [7, 11) is 2.97. The van der Waals surface area contributed by atoms with E-state index in [4.69, 9.17) is 14.2 Å². The zero-order chi connectivity index (χ0) is 25.3. The van der Waals surface area contributed by atoms with Crippen LogP contribution in [0.4, 0.5) is 0 Å². The number of methoxy groups -OCH3 is 2. The van der Waals surface area contributed by atoms with E-state index in [1.54, 1.807) is 7.11 Å². The fraction of sp³-hybridized carbons (Fsp3) is 0.357. The number of carbonyl (C=O) groups is 2. The molecular weight excluding hydrogens is 510 g/mol. The molecule has 2 aromatic carbocycles. The number of benzene rings is 2. The number of allylic oxidation sites excluding steroid dienone is 3. The summed E-state index contributed by atoms with van der Waals surface area (Å²) >= 11 is 3.46. The molecular formula is C28H30BrNO5. The highest BCUT2D eigenvalue weighted by molar-refractivity contribution is 9.10. The van der Waals surface area contributed by atoms with Crippen molar-refractivity contribution < 1.29 is 23.8 Å². The Morgan fingerprint density at radius 3 is 2.60 bits per heavy atom. The van der Waals surface area contributed by atoms with E-state index in [0.29, 0.717) is 29.0 Å². The van der Waals surface area contributed by atoms with Crippen LogP contribution in [0.3, 0.4) is 0 Å². The number of dihydropyridines is 1. The predicted molar refractivity (Wildman–Crippen MR) is 137 cm³/mol. The predicted octanol–water partition coefficient (Wildman–Crippen LogP) is 5.81. The summed E-state index contributed by atoms with van der Waals surface area (Å²) in [5, 5.41) is 3.34. The van der Waals surface area contributed by atoms with Gasteiger partial charge in [-0.25, -0.2) is 4.79 Å². The van der Waals surface area contributed by atoms with Gasteiger partial charge in [0, 0.05) is 39.3 Å². The minimum Gasteiger partial charge on any atom is -0.496 e. The Labute approximate surface area is 214 Å². The van der Waals surface area contributed by atoms with Crippen molar-refractivity contribution in [3.63, 3.8) is 0 Å². The summed E-state index contributed by atoms with van der Waals surface area (Å²) in [5.74, 6) is 0.452. The largest absolute Gasteiger partial charge is 0.496 e. The number of ketones is 1. The smallest absolute Gasteiger partial charge is 0.336 e. The van der Waals surface area contributed by atoms with Crippen molar-refractivity contribution in [2.45, 2.75) is 46.1 Å². The van der Waals surface area contributed by atoms with Crippen molar-refractivity contribution in [1.82, 2.24) is 5.32 Å². The maximum absolute atomic E-state index is 13.4. The van der Waals surface area contributed by atoms with Gasteiger partial charge in [0.15, 0.2) is 5.78 Å². The fourth-order valence-corrected chi connectivity index (χ4v) is 5.34. The van der Waals surface area contributed by atoms with Crippen LogP contribution in [0, 0.1) is 5.41 Å². The van der Waals surface area contributed by atoms with Crippen molar-refractivity contribution >= 4 is 27.7 Å². The van der Waals surface area contributed by atoms with Gasteiger partial charge in [0.05, 0.1) is 19.8 Å². The average molecular weight is 540 g/mol. The van der Waals surface area contributed by atoms with Crippen molar-refractivity contribution in [2.24, 2.45) is 5.41 Å². The third-order valence-corrected chi connectivity index (χ3v) is 6.97. The zero-order valence-electron chi connectivity index (χ0n) is 20.7. The van der Waals surface area contributed by atoms with E-state index in [2.05, 4.69) is 35.1 Å². The van der Waals surface area contributed by atoms with Crippen LogP contribution in [0.2, 0.25) is 0 Å². The molecule has 35 heavy (non-hydrogen) atoms. The van der Waals surface area contributed by atoms with Gasteiger partial charge in [-0.15, -0.1) is 0 Å². The van der Waals surface area contributed by atoms with E-state index in [9.17, 15) is 9.59 Å². The van der Waals surface area contributed by atoms with Crippen LogP contribution in [0.5, 0.6) is 11.5 Å². The quantitative estimate of drug-likeness (QED) is 0.466. The van der Waals surface area contributed by atoms with Gasteiger partial charge in [-0.05, 0) is 54.7 Å². The lowest BCUT2D eigenvalue weighted by atomic mass is 9.68. The second-order valence-corrected chi connectivity index (χ2v) is 10.7. The van der Waals surface area contributed by atoms with E-state index in [1.807, 2.05) is 49.4 Å². The molecule has 2 aromatic rings. The topological polar surface area (TPSA) is 73.9 Å². The van der Waals surface area contributed by atoms with Crippen molar-refractivity contribution in [1.29, 1.82) is 0 Å². The van der Waals surface area contributed by atoms with Crippen LogP contribution >= 0.6 is 15.9 Å². The van der Waals surface area contributed by atoms with E-state index in [-0.39, 0.29) is 17.8 Å². The minimum atomic E-state index is -0.530. The summed E-state index contributed by atoms with van der Waals surface area (Å²) in [4.78, 5) is 26.3. The number of ether oxygens (including phenoxy) is 3. The van der Waals surface area contributed by atoms with Crippen LogP contribution in [-0.4, -0.2) is 26.0 Å². The summed E-state index contributed by atoms with van der Waals surface area (Å²) in [5.41, 5.74) is 4.15. The first kappa shape index (κ1) is 25.0. The third-order valence-electron chi connectivity index (χ3n) is 6.47. The van der Waals surface area contributed by atoms with Gasteiger partial charge in [0.1, 0.15) is 18.1 Å². The molecule has 7 heteroatoms. The lowest BCUT2D eigenvalue weighted by Crippen LogP contribution is -2.38. The molecule has 6 nitrogen and oxygen atoms in total. The normalized spacial score (nSPS) is 19.1. The lowest BCUT2D eigenvalue weighted by Gasteiger charge is -2.39. The van der Waals surface area contributed by atoms with Gasteiger partial charge in [0.25, 0.3) is 0 Å². The highest BCUT2D eigenvalue weighted by Gasteiger charge is 2.43. The fourth-order valence-electron chi connectivity index (χ4n) is 4.96. The molecule has 0 bridgehead atoms. The Bertz CT molecular complexity index is 1240. The number of Topliss-reactive ketones (excluding diaryl/α,β-unsaturated/α-hetero) is 1. The Hall–Kier alpha value is -3.06. The molecule has 0 unspecified atom stereocenters. The molecule has 0 radical (unpaired) electrons. The number of carbonyl (C=O) groups excluding carboxylic acids is 2. The van der Waals surface area contributed by atoms with Crippen molar-refractivity contribution in [2.75, 3.05) is 14.2 Å². The van der Waals surface area contributed by atoms with Crippen LogP contribution < -0.4 is 14.8 Å². The first-order valence-corrected chi connectivity index (χ1v) is 12.3. The molecule has 1 atom stereocenters. The Morgan fingerprint density at radius 2 is 1.91 bits per heavy atom. The van der Waals surface area contributed by atoms with Crippen molar-refractivity contribution in [3.8, 4) is 11.5 Å². The molecule has 0 saturated heterocycles. The molecule has 0 fully saturated rings. The maximum atomic E-state index is 13.4. The Kier molecular flexibility index (Phi) is 7.08. The molecule has 0 saturated carbocycles. The number of halogens is 1. The second-order valence-electron chi connectivity index (χ2n) is 9.74. The molecule has 1 aliphatic heterocycles. The maximum Gasteiger partial charge on any atom is 0.336 e. The Morgan fingerprint density at radius 1 is 1.14 bits per heavy atom. The SMILES string of the molecule is COC(=O)C1=C(C)NC2=C(C(=O)CC(C)(C)C2)[C@@H]1c1ccc(OC)c(COc2cccc(Br)c2)c1. The molecule has 1 aliphatic carbocycles. The minimum absolute atomic E-state index is 0.0467. The molecule has 0 aromatic heterocycles. The van der Waals surface area contributed by atoms with Gasteiger partial charge >= 0.3 is 5.97 Å². The number of hydrogen-bond donors (Lipinski definition) is 1. The number of nitrogens with one attached hydrogen (secondary N) is 1. The lowest BCUT2D eigenvalue weighted by molar-refractivity contribution is -0.136.